The van der Waals surface area contributed by atoms with Crippen molar-refractivity contribution in [2.45, 2.75) is 5.16 Å². The quantitative estimate of drug-likeness (QED) is 0.573. The summed E-state index contributed by atoms with van der Waals surface area (Å²) in [5.41, 5.74) is 0. The van der Waals surface area contributed by atoms with Crippen molar-refractivity contribution < 1.29 is 0 Å². The van der Waals surface area contributed by atoms with Crippen LogP contribution in [0.25, 0.3) is 0 Å². The van der Waals surface area contributed by atoms with E-state index in [9.17, 15) is 0 Å². The molecule has 0 bridgehead atoms. The maximum atomic E-state index is 4.16. The summed E-state index contributed by atoms with van der Waals surface area (Å²) in [7, 11) is 2.00. The van der Waals surface area contributed by atoms with Crippen LogP contribution in [0.2, 0.25) is 0 Å². The number of thioether (sulfide) groups is 1. The molecule has 1 aromatic heterocycles. The van der Waals surface area contributed by atoms with Gasteiger partial charge in [-0.2, -0.15) is 0 Å². The minimum absolute atomic E-state index is 1.02. The standard InChI is InChI=1S/C6H9BrN2S/c1-9-4-3-8-6(9)10-5-2-7/h3-4H,2,5H2,1H3. The lowest BCUT2D eigenvalue weighted by atomic mass is 10.9. The van der Waals surface area contributed by atoms with Gasteiger partial charge in [0.15, 0.2) is 5.16 Å². The van der Waals surface area contributed by atoms with E-state index >= 15 is 0 Å². The summed E-state index contributed by atoms with van der Waals surface area (Å²) in [6, 6.07) is 0. The van der Waals surface area contributed by atoms with Gasteiger partial charge in [0.05, 0.1) is 0 Å². The van der Waals surface area contributed by atoms with E-state index in [2.05, 4.69) is 20.9 Å². The molecule has 56 valence electrons. The van der Waals surface area contributed by atoms with Crippen LogP contribution in [0.5, 0.6) is 0 Å². The molecule has 0 N–H and O–H groups in total. The molecule has 0 aromatic carbocycles. The van der Waals surface area contributed by atoms with E-state index in [0.29, 0.717) is 0 Å². The fourth-order valence-corrected chi connectivity index (χ4v) is 1.77. The maximum Gasteiger partial charge on any atom is 0.167 e. The highest BCUT2D eigenvalue weighted by Gasteiger charge is 1.96. The van der Waals surface area contributed by atoms with Gasteiger partial charge in [-0.3, -0.25) is 0 Å². The first-order chi connectivity index (χ1) is 4.84. The highest BCUT2D eigenvalue weighted by Crippen LogP contribution is 2.13. The zero-order valence-electron chi connectivity index (χ0n) is 5.75. The van der Waals surface area contributed by atoms with Gasteiger partial charge in [-0.05, 0) is 0 Å². The Morgan fingerprint density at radius 1 is 1.80 bits per heavy atom. The van der Waals surface area contributed by atoms with Crippen molar-refractivity contribution in [1.82, 2.24) is 9.55 Å². The minimum atomic E-state index is 1.02. The van der Waals surface area contributed by atoms with Gasteiger partial charge in [0.2, 0.25) is 0 Å². The van der Waals surface area contributed by atoms with Gasteiger partial charge in [-0.25, -0.2) is 4.98 Å². The molecule has 0 saturated heterocycles. The zero-order chi connectivity index (χ0) is 7.40. The van der Waals surface area contributed by atoms with Gasteiger partial charge >= 0.3 is 0 Å². The van der Waals surface area contributed by atoms with Crippen molar-refractivity contribution in [3.05, 3.63) is 12.4 Å². The van der Waals surface area contributed by atoms with Gasteiger partial charge in [0.25, 0.3) is 0 Å². The van der Waals surface area contributed by atoms with E-state index in [1.165, 1.54) is 0 Å². The van der Waals surface area contributed by atoms with Crippen molar-refractivity contribution in [3.8, 4) is 0 Å². The first-order valence-electron chi connectivity index (χ1n) is 3.00. The van der Waals surface area contributed by atoms with Crippen LogP contribution in [0.1, 0.15) is 0 Å². The average Bonchev–Trinajstić information content (AvgIpc) is 2.31. The topological polar surface area (TPSA) is 17.8 Å². The molecular weight excluding hydrogens is 212 g/mol. The number of rotatable bonds is 3. The number of nitrogens with zero attached hydrogens (tertiary/aromatic N) is 2. The van der Waals surface area contributed by atoms with Crippen LogP contribution < -0.4 is 0 Å². The van der Waals surface area contributed by atoms with E-state index in [1.807, 2.05) is 24.0 Å². The lowest BCUT2D eigenvalue weighted by molar-refractivity contribution is 0.790. The van der Waals surface area contributed by atoms with Crippen molar-refractivity contribution in [2.24, 2.45) is 7.05 Å². The predicted molar refractivity (Wildman–Crippen MR) is 47.7 cm³/mol. The summed E-state index contributed by atoms with van der Waals surface area (Å²) in [5, 5.41) is 2.10. The smallest absolute Gasteiger partial charge is 0.167 e. The predicted octanol–water partition coefficient (Wildman–Crippen LogP) is 1.91. The molecule has 0 aliphatic rings. The third kappa shape index (κ3) is 2.02. The Morgan fingerprint density at radius 3 is 3.10 bits per heavy atom. The number of hydrogen-bond acceptors (Lipinski definition) is 2. The second-order valence-corrected chi connectivity index (χ2v) is 3.71. The van der Waals surface area contributed by atoms with Gasteiger partial charge in [-0.15, -0.1) is 0 Å². The minimum Gasteiger partial charge on any atom is -0.329 e. The van der Waals surface area contributed by atoms with E-state index in [-0.39, 0.29) is 0 Å². The van der Waals surface area contributed by atoms with Crippen molar-refractivity contribution in [1.29, 1.82) is 0 Å². The Morgan fingerprint density at radius 2 is 2.60 bits per heavy atom. The molecule has 0 fully saturated rings. The molecular formula is C6H9BrN2S. The molecule has 0 amide bonds. The molecule has 0 spiro atoms. The molecule has 0 saturated carbocycles. The summed E-state index contributed by atoms with van der Waals surface area (Å²) in [5.74, 6) is 1.07. The fraction of sp³-hybridized carbons (Fsp3) is 0.500. The first kappa shape index (κ1) is 8.14. The molecule has 10 heavy (non-hydrogen) atoms. The summed E-state index contributed by atoms with van der Waals surface area (Å²) >= 11 is 5.12. The summed E-state index contributed by atoms with van der Waals surface area (Å²) in [4.78, 5) is 4.16. The highest BCUT2D eigenvalue weighted by molar-refractivity contribution is 9.09. The van der Waals surface area contributed by atoms with Crippen molar-refractivity contribution >= 4 is 27.7 Å². The van der Waals surface area contributed by atoms with Crippen LogP contribution in [0.4, 0.5) is 0 Å². The molecule has 0 unspecified atom stereocenters. The molecule has 1 aromatic rings. The Hall–Kier alpha value is 0.0400. The highest BCUT2D eigenvalue weighted by atomic mass is 79.9. The van der Waals surface area contributed by atoms with E-state index in [0.717, 1.165) is 16.2 Å². The molecule has 1 rings (SSSR count). The number of halogens is 1. The van der Waals surface area contributed by atoms with Crippen molar-refractivity contribution in [2.75, 3.05) is 11.1 Å². The number of imidazole rings is 1. The third-order valence-corrected chi connectivity index (χ3v) is 3.07. The van der Waals surface area contributed by atoms with E-state index in [1.54, 1.807) is 11.8 Å². The summed E-state index contributed by atoms with van der Waals surface area (Å²) < 4.78 is 2.02. The summed E-state index contributed by atoms with van der Waals surface area (Å²) in [6.07, 6.45) is 3.77. The van der Waals surface area contributed by atoms with E-state index < -0.39 is 0 Å². The molecule has 0 radical (unpaired) electrons. The SMILES string of the molecule is Cn1ccnc1SCCBr. The third-order valence-electron chi connectivity index (χ3n) is 1.09. The average molecular weight is 221 g/mol. The second-order valence-electron chi connectivity index (χ2n) is 1.86. The zero-order valence-corrected chi connectivity index (χ0v) is 8.15. The molecule has 0 atom stereocenters. The molecule has 0 aliphatic carbocycles. The lowest BCUT2D eigenvalue weighted by Crippen LogP contribution is -1.90. The van der Waals surface area contributed by atoms with Crippen LogP contribution in [0, 0.1) is 0 Å². The maximum absolute atomic E-state index is 4.16. The van der Waals surface area contributed by atoms with Crippen LogP contribution in [-0.4, -0.2) is 20.6 Å². The van der Waals surface area contributed by atoms with Gasteiger partial charge in [0, 0.05) is 30.5 Å². The van der Waals surface area contributed by atoms with E-state index in [4.69, 9.17) is 0 Å². The Balaban J connectivity index is 2.49. The number of hydrogen-bond donors (Lipinski definition) is 0. The fourth-order valence-electron chi connectivity index (χ4n) is 0.621. The van der Waals surface area contributed by atoms with Gasteiger partial charge in [0.1, 0.15) is 0 Å². The van der Waals surface area contributed by atoms with Crippen LogP contribution in [0.15, 0.2) is 17.6 Å². The first-order valence-corrected chi connectivity index (χ1v) is 5.11. The number of aromatic nitrogens is 2. The van der Waals surface area contributed by atoms with Crippen LogP contribution >= 0.6 is 27.7 Å². The Labute approximate surface area is 73.2 Å². The van der Waals surface area contributed by atoms with Gasteiger partial charge in [-0.1, -0.05) is 27.7 Å². The van der Waals surface area contributed by atoms with Gasteiger partial charge < -0.3 is 4.57 Å². The largest absolute Gasteiger partial charge is 0.329 e. The summed E-state index contributed by atoms with van der Waals surface area (Å²) in [6.45, 7) is 0. The van der Waals surface area contributed by atoms with Crippen LogP contribution in [-0.2, 0) is 7.05 Å². The number of alkyl halides is 1. The molecule has 0 aliphatic heterocycles. The molecule has 4 heteroatoms. The normalized spacial score (nSPS) is 10.2. The Kier molecular flexibility index (Phi) is 3.28. The second kappa shape index (κ2) is 4.03. The molecule has 2 nitrogen and oxygen atoms in total. The van der Waals surface area contributed by atoms with Crippen LogP contribution in [0.3, 0.4) is 0 Å². The van der Waals surface area contributed by atoms with Crippen molar-refractivity contribution in [3.63, 3.8) is 0 Å². The lowest BCUT2D eigenvalue weighted by Gasteiger charge is -1.96. The number of aryl methyl sites for hydroxylation is 1. The Bertz CT molecular complexity index is 199. The molecule has 1 heterocycles. The monoisotopic (exact) mass is 220 g/mol.